The van der Waals surface area contributed by atoms with Crippen molar-refractivity contribution in [1.29, 1.82) is 5.26 Å². The molecule has 1 N–H and O–H groups in total. The molecule has 0 unspecified atom stereocenters. The van der Waals surface area contributed by atoms with Crippen LogP contribution in [0, 0.1) is 25.0 Å². The van der Waals surface area contributed by atoms with Crippen LogP contribution >= 0.6 is 34.2 Å². The number of hydrogen-bond donors (Lipinski definition) is 1. The summed E-state index contributed by atoms with van der Waals surface area (Å²) in [5.41, 5.74) is 0.938. The van der Waals surface area contributed by atoms with E-state index in [1.807, 2.05) is 18.2 Å². The van der Waals surface area contributed by atoms with Crippen LogP contribution in [0.4, 0.5) is 11.4 Å². The lowest BCUT2D eigenvalue weighted by Gasteiger charge is -2.14. The summed E-state index contributed by atoms with van der Waals surface area (Å²) in [5.74, 6) is 0.162. The number of nitrogens with zero attached hydrogens (tertiary/aromatic N) is 2. The van der Waals surface area contributed by atoms with Gasteiger partial charge in [-0.05, 0) is 70.1 Å². The Hall–Kier alpha value is -3.62. The molecule has 0 atom stereocenters. The lowest BCUT2D eigenvalue weighted by Crippen LogP contribution is -2.14. The van der Waals surface area contributed by atoms with Gasteiger partial charge >= 0.3 is 0 Å². The van der Waals surface area contributed by atoms with Gasteiger partial charge in [0.05, 0.1) is 15.6 Å². The third-order valence-electron chi connectivity index (χ3n) is 4.57. The van der Waals surface area contributed by atoms with Crippen molar-refractivity contribution in [2.45, 2.75) is 6.61 Å². The standard InChI is InChI=1S/C24H17ClIN3O5/c1-33-22-12-16(11-19(26)23(22)34-14-15-6-8-18(25)9-7-15)10-17(13-27)24(30)28-20-4-2-3-5-21(20)29(31)32/h2-12H,14H2,1H3,(H,28,30). The first kappa shape index (κ1) is 25.0. The number of nitro benzene ring substituents is 1. The predicted molar refractivity (Wildman–Crippen MR) is 137 cm³/mol. The highest BCUT2D eigenvalue weighted by Crippen LogP contribution is 2.35. The van der Waals surface area contributed by atoms with Crippen molar-refractivity contribution in [3.8, 4) is 17.6 Å². The Balaban J connectivity index is 1.84. The fourth-order valence-electron chi connectivity index (χ4n) is 2.94. The third-order valence-corrected chi connectivity index (χ3v) is 5.63. The molecule has 3 rings (SSSR count). The topological polar surface area (TPSA) is 114 Å². The first-order chi connectivity index (χ1) is 16.3. The van der Waals surface area contributed by atoms with Crippen molar-refractivity contribution in [2.75, 3.05) is 12.4 Å². The van der Waals surface area contributed by atoms with Gasteiger partial charge in [-0.3, -0.25) is 14.9 Å². The van der Waals surface area contributed by atoms with E-state index in [1.54, 1.807) is 30.3 Å². The highest BCUT2D eigenvalue weighted by Gasteiger charge is 2.18. The van der Waals surface area contributed by atoms with E-state index in [9.17, 15) is 20.2 Å². The van der Waals surface area contributed by atoms with E-state index in [-0.39, 0.29) is 16.9 Å². The van der Waals surface area contributed by atoms with Gasteiger partial charge in [0.1, 0.15) is 23.9 Å². The number of benzene rings is 3. The minimum absolute atomic E-state index is 0.00300. The summed E-state index contributed by atoms with van der Waals surface area (Å²) in [6.45, 7) is 0.292. The van der Waals surface area contributed by atoms with Crippen molar-refractivity contribution in [3.05, 3.63) is 96.1 Å². The summed E-state index contributed by atoms with van der Waals surface area (Å²) in [5, 5.41) is 23.7. The minimum atomic E-state index is -0.770. The maximum absolute atomic E-state index is 12.6. The molecule has 1 amide bonds. The second-order valence-corrected chi connectivity index (χ2v) is 8.45. The number of carbonyl (C=O) groups is 1. The van der Waals surface area contributed by atoms with E-state index < -0.39 is 10.8 Å². The normalized spacial score (nSPS) is 10.8. The Morgan fingerprint density at radius 2 is 1.94 bits per heavy atom. The molecule has 0 bridgehead atoms. The lowest BCUT2D eigenvalue weighted by molar-refractivity contribution is -0.383. The molecule has 0 saturated carbocycles. The van der Waals surface area contributed by atoms with E-state index in [0.29, 0.717) is 32.3 Å². The molecule has 0 heterocycles. The van der Waals surface area contributed by atoms with E-state index in [0.717, 1.165) is 5.56 Å². The van der Waals surface area contributed by atoms with Gasteiger partial charge in [-0.1, -0.05) is 35.9 Å². The van der Waals surface area contributed by atoms with Gasteiger partial charge in [0.2, 0.25) is 0 Å². The zero-order valence-electron chi connectivity index (χ0n) is 17.7. The molecular formula is C24H17ClIN3O5. The average Bonchev–Trinajstić information content (AvgIpc) is 2.82. The first-order valence-electron chi connectivity index (χ1n) is 9.73. The molecule has 0 spiro atoms. The van der Waals surface area contributed by atoms with E-state index in [1.165, 1.54) is 31.4 Å². The summed E-state index contributed by atoms with van der Waals surface area (Å²) < 4.78 is 12.1. The molecule has 3 aromatic rings. The molecule has 0 fully saturated rings. The SMILES string of the molecule is COc1cc(C=C(C#N)C(=O)Nc2ccccc2[N+](=O)[O-])cc(I)c1OCc1ccc(Cl)cc1. The summed E-state index contributed by atoms with van der Waals surface area (Å²) in [7, 11) is 1.49. The Bertz CT molecular complexity index is 1300. The molecule has 0 aliphatic rings. The molecule has 0 aliphatic heterocycles. The number of carbonyl (C=O) groups excluding carboxylic acids is 1. The fraction of sp³-hybridized carbons (Fsp3) is 0.0833. The maximum atomic E-state index is 12.6. The molecule has 0 aromatic heterocycles. The molecule has 3 aromatic carbocycles. The van der Waals surface area contributed by atoms with Crippen LogP contribution in [0.25, 0.3) is 6.08 Å². The van der Waals surface area contributed by atoms with Crippen LogP contribution in [0.5, 0.6) is 11.5 Å². The molecular weight excluding hydrogens is 573 g/mol. The lowest BCUT2D eigenvalue weighted by atomic mass is 10.1. The van der Waals surface area contributed by atoms with Gasteiger partial charge in [0.25, 0.3) is 11.6 Å². The highest BCUT2D eigenvalue weighted by atomic mass is 127. The number of nitriles is 1. The number of ether oxygens (including phenoxy) is 2. The monoisotopic (exact) mass is 589 g/mol. The Morgan fingerprint density at radius 3 is 2.59 bits per heavy atom. The number of rotatable bonds is 8. The van der Waals surface area contributed by atoms with Crippen LogP contribution in [0.15, 0.2) is 66.2 Å². The Morgan fingerprint density at radius 1 is 1.24 bits per heavy atom. The first-order valence-corrected chi connectivity index (χ1v) is 11.2. The van der Waals surface area contributed by atoms with Crippen molar-refractivity contribution in [1.82, 2.24) is 0 Å². The summed E-state index contributed by atoms with van der Waals surface area (Å²) in [4.78, 5) is 23.2. The number of nitrogens with one attached hydrogen (secondary N) is 1. The average molecular weight is 590 g/mol. The number of amides is 1. The van der Waals surface area contributed by atoms with Gasteiger partial charge < -0.3 is 14.8 Å². The molecule has 0 aliphatic carbocycles. The number of nitro groups is 1. The van der Waals surface area contributed by atoms with Crippen molar-refractivity contribution in [2.24, 2.45) is 0 Å². The molecule has 10 heteroatoms. The van der Waals surface area contributed by atoms with E-state index in [2.05, 4.69) is 27.9 Å². The van der Waals surface area contributed by atoms with E-state index >= 15 is 0 Å². The van der Waals surface area contributed by atoms with Crippen molar-refractivity contribution in [3.63, 3.8) is 0 Å². The third kappa shape index (κ3) is 6.24. The Kier molecular flexibility index (Phi) is 8.45. The molecule has 34 heavy (non-hydrogen) atoms. The zero-order chi connectivity index (χ0) is 24.7. The second kappa shape index (κ2) is 11.5. The number of para-hydroxylation sites is 2. The smallest absolute Gasteiger partial charge is 0.292 e. The van der Waals surface area contributed by atoms with Gasteiger partial charge in [0.15, 0.2) is 11.5 Å². The van der Waals surface area contributed by atoms with Crippen LogP contribution in [0.1, 0.15) is 11.1 Å². The van der Waals surface area contributed by atoms with Crippen LogP contribution < -0.4 is 14.8 Å². The Labute approximate surface area is 214 Å². The summed E-state index contributed by atoms with van der Waals surface area (Å²) >= 11 is 7.99. The van der Waals surface area contributed by atoms with Crippen LogP contribution in [0.2, 0.25) is 5.02 Å². The van der Waals surface area contributed by atoms with Crippen LogP contribution in [-0.2, 0) is 11.4 Å². The van der Waals surface area contributed by atoms with Gasteiger partial charge in [-0.15, -0.1) is 0 Å². The molecule has 172 valence electrons. The molecule has 0 saturated heterocycles. The summed E-state index contributed by atoms with van der Waals surface area (Å²) in [6, 6.07) is 18.2. The highest BCUT2D eigenvalue weighted by molar-refractivity contribution is 14.1. The predicted octanol–water partition coefficient (Wildman–Crippen LogP) is 5.99. The zero-order valence-corrected chi connectivity index (χ0v) is 20.7. The van der Waals surface area contributed by atoms with Crippen molar-refractivity contribution < 1.29 is 19.2 Å². The number of methoxy groups -OCH3 is 1. The largest absolute Gasteiger partial charge is 0.493 e. The molecule has 0 radical (unpaired) electrons. The number of hydrogen-bond acceptors (Lipinski definition) is 6. The van der Waals surface area contributed by atoms with Gasteiger partial charge in [-0.25, -0.2) is 0 Å². The summed E-state index contributed by atoms with van der Waals surface area (Å²) in [6.07, 6.45) is 1.37. The van der Waals surface area contributed by atoms with E-state index in [4.69, 9.17) is 21.1 Å². The van der Waals surface area contributed by atoms with Gasteiger partial charge in [0, 0.05) is 11.1 Å². The van der Waals surface area contributed by atoms with Crippen LogP contribution in [-0.4, -0.2) is 17.9 Å². The maximum Gasteiger partial charge on any atom is 0.292 e. The van der Waals surface area contributed by atoms with Crippen LogP contribution in [0.3, 0.4) is 0 Å². The fourth-order valence-corrected chi connectivity index (χ4v) is 3.85. The molecule has 8 nitrogen and oxygen atoms in total. The number of anilines is 1. The van der Waals surface area contributed by atoms with Gasteiger partial charge in [-0.2, -0.15) is 5.26 Å². The van der Waals surface area contributed by atoms with Crippen molar-refractivity contribution >= 4 is 57.5 Å². The second-order valence-electron chi connectivity index (χ2n) is 6.85. The minimum Gasteiger partial charge on any atom is -0.493 e. The quantitative estimate of drug-likeness (QED) is 0.114. The number of halogens is 2.